The van der Waals surface area contributed by atoms with Gasteiger partial charge in [0.1, 0.15) is 11.5 Å². The molecular formula is C19H22N2O3. The number of carbonyl (C=O) groups excluding carboxylic acids is 1. The van der Waals surface area contributed by atoms with Crippen molar-refractivity contribution in [3.63, 3.8) is 0 Å². The summed E-state index contributed by atoms with van der Waals surface area (Å²) < 4.78 is 10.8. The highest BCUT2D eigenvalue weighted by molar-refractivity contribution is 5.77. The van der Waals surface area contributed by atoms with Crippen LogP contribution in [-0.4, -0.2) is 24.6 Å². The number of amides is 1. The van der Waals surface area contributed by atoms with Gasteiger partial charge in [0.05, 0.1) is 7.11 Å². The number of ether oxygens (including phenoxy) is 2. The minimum absolute atomic E-state index is 0.0204. The summed E-state index contributed by atoms with van der Waals surface area (Å²) in [5, 5.41) is 2.87. The largest absolute Gasteiger partial charge is 0.497 e. The average molecular weight is 326 g/mol. The molecule has 0 saturated carbocycles. The maximum absolute atomic E-state index is 12.0. The Bertz CT molecular complexity index is 698. The fraction of sp³-hybridized carbons (Fsp3) is 0.368. The quantitative estimate of drug-likeness (QED) is 0.886. The van der Waals surface area contributed by atoms with E-state index in [1.54, 1.807) is 13.3 Å². The highest BCUT2D eigenvalue weighted by atomic mass is 16.5. The van der Waals surface area contributed by atoms with Gasteiger partial charge in [0, 0.05) is 24.0 Å². The van der Waals surface area contributed by atoms with Crippen LogP contribution in [0.25, 0.3) is 0 Å². The zero-order valence-electron chi connectivity index (χ0n) is 13.9. The van der Waals surface area contributed by atoms with Crippen LogP contribution >= 0.6 is 0 Å². The van der Waals surface area contributed by atoms with Crippen LogP contribution in [0.4, 0.5) is 0 Å². The van der Waals surface area contributed by atoms with E-state index in [0.29, 0.717) is 6.54 Å². The van der Waals surface area contributed by atoms with Gasteiger partial charge < -0.3 is 14.8 Å². The summed E-state index contributed by atoms with van der Waals surface area (Å²) in [4.78, 5) is 16.4. The van der Waals surface area contributed by atoms with E-state index < -0.39 is 0 Å². The molecule has 1 aliphatic rings. The number of hydrogen-bond donors (Lipinski definition) is 1. The summed E-state index contributed by atoms with van der Waals surface area (Å²) in [5.41, 5.74) is 3.29. The molecule has 1 heterocycles. The Morgan fingerprint density at radius 2 is 1.96 bits per heavy atom. The van der Waals surface area contributed by atoms with Gasteiger partial charge in [-0.15, -0.1) is 0 Å². The van der Waals surface area contributed by atoms with E-state index in [1.807, 2.05) is 30.3 Å². The first-order valence-corrected chi connectivity index (χ1v) is 8.25. The molecule has 0 bridgehead atoms. The van der Waals surface area contributed by atoms with Gasteiger partial charge in [0.15, 0.2) is 6.61 Å². The van der Waals surface area contributed by atoms with E-state index in [4.69, 9.17) is 9.47 Å². The molecule has 0 atom stereocenters. The molecule has 1 aromatic carbocycles. The number of benzene rings is 1. The summed E-state index contributed by atoms with van der Waals surface area (Å²) in [7, 11) is 1.63. The number of aromatic nitrogens is 1. The van der Waals surface area contributed by atoms with Crippen molar-refractivity contribution in [1.29, 1.82) is 0 Å². The number of carbonyl (C=O) groups is 1. The molecule has 1 N–H and O–H groups in total. The second-order valence-corrected chi connectivity index (χ2v) is 5.85. The minimum Gasteiger partial charge on any atom is -0.497 e. The lowest BCUT2D eigenvalue weighted by Crippen LogP contribution is -2.28. The Kier molecular flexibility index (Phi) is 5.31. The Labute approximate surface area is 142 Å². The van der Waals surface area contributed by atoms with Crippen LogP contribution in [0.2, 0.25) is 0 Å². The number of nitrogens with one attached hydrogen (secondary N) is 1. The van der Waals surface area contributed by atoms with Gasteiger partial charge >= 0.3 is 0 Å². The Balaban J connectivity index is 1.50. The second kappa shape index (κ2) is 7.81. The zero-order chi connectivity index (χ0) is 16.8. The second-order valence-electron chi connectivity index (χ2n) is 5.85. The SMILES string of the molecule is COc1ccc(CNC(=O)COc2ccnc3c2CCCC3)cc1. The van der Waals surface area contributed by atoms with Crippen LogP contribution in [0.5, 0.6) is 11.5 Å². The van der Waals surface area contributed by atoms with E-state index >= 15 is 0 Å². The van der Waals surface area contributed by atoms with Crippen LogP contribution in [0.1, 0.15) is 29.7 Å². The van der Waals surface area contributed by atoms with Crippen molar-refractivity contribution in [2.75, 3.05) is 13.7 Å². The molecule has 2 aromatic rings. The third-order valence-electron chi connectivity index (χ3n) is 4.20. The molecule has 1 aromatic heterocycles. The molecule has 0 spiro atoms. The summed E-state index contributed by atoms with van der Waals surface area (Å²) in [6, 6.07) is 9.46. The molecule has 1 aliphatic carbocycles. The van der Waals surface area contributed by atoms with Gasteiger partial charge in [-0.2, -0.15) is 0 Å². The van der Waals surface area contributed by atoms with Gasteiger partial charge in [-0.3, -0.25) is 9.78 Å². The van der Waals surface area contributed by atoms with E-state index in [1.165, 1.54) is 6.42 Å². The standard InChI is InChI=1S/C19H22N2O3/c1-23-15-8-6-14(7-9-15)12-21-19(22)13-24-18-10-11-20-17-5-3-2-4-16(17)18/h6-11H,2-5,12-13H2,1H3,(H,21,22). The van der Waals surface area contributed by atoms with Crippen LogP contribution < -0.4 is 14.8 Å². The van der Waals surface area contributed by atoms with Crippen LogP contribution in [-0.2, 0) is 24.2 Å². The van der Waals surface area contributed by atoms with Crippen LogP contribution in [0.3, 0.4) is 0 Å². The van der Waals surface area contributed by atoms with Crippen molar-refractivity contribution in [2.45, 2.75) is 32.2 Å². The van der Waals surface area contributed by atoms with Crippen molar-refractivity contribution in [3.8, 4) is 11.5 Å². The highest BCUT2D eigenvalue weighted by Crippen LogP contribution is 2.27. The maximum atomic E-state index is 12.0. The van der Waals surface area contributed by atoms with Crippen molar-refractivity contribution in [1.82, 2.24) is 10.3 Å². The molecule has 1 amide bonds. The van der Waals surface area contributed by atoms with Crippen molar-refractivity contribution >= 4 is 5.91 Å². The van der Waals surface area contributed by atoms with E-state index in [0.717, 1.165) is 47.6 Å². The number of rotatable bonds is 6. The van der Waals surface area contributed by atoms with Crippen LogP contribution in [0.15, 0.2) is 36.5 Å². The summed E-state index contributed by atoms with van der Waals surface area (Å²) in [6.07, 6.45) is 6.06. The van der Waals surface area contributed by atoms with Gasteiger partial charge in [-0.05, 0) is 49.4 Å². The average Bonchev–Trinajstić information content (AvgIpc) is 2.65. The van der Waals surface area contributed by atoms with E-state index in [9.17, 15) is 4.79 Å². The number of aryl methyl sites for hydroxylation is 1. The third kappa shape index (κ3) is 4.04. The Hall–Kier alpha value is -2.56. The van der Waals surface area contributed by atoms with Gasteiger partial charge in [-0.25, -0.2) is 0 Å². The number of hydrogen-bond acceptors (Lipinski definition) is 4. The molecule has 126 valence electrons. The molecule has 0 fully saturated rings. The lowest BCUT2D eigenvalue weighted by molar-refractivity contribution is -0.123. The smallest absolute Gasteiger partial charge is 0.258 e. The number of fused-ring (bicyclic) bond motifs is 1. The van der Waals surface area contributed by atoms with Crippen LogP contribution in [0, 0.1) is 0 Å². The number of pyridine rings is 1. The molecule has 0 unspecified atom stereocenters. The lowest BCUT2D eigenvalue weighted by Gasteiger charge is -2.18. The molecule has 0 saturated heterocycles. The summed E-state index contributed by atoms with van der Waals surface area (Å²) >= 11 is 0. The summed E-state index contributed by atoms with van der Waals surface area (Å²) in [6.45, 7) is 0.493. The highest BCUT2D eigenvalue weighted by Gasteiger charge is 2.15. The molecular weight excluding hydrogens is 304 g/mol. The molecule has 24 heavy (non-hydrogen) atoms. The van der Waals surface area contributed by atoms with E-state index in [2.05, 4.69) is 10.3 Å². The first-order chi connectivity index (χ1) is 11.8. The van der Waals surface area contributed by atoms with Crippen molar-refractivity contribution in [3.05, 3.63) is 53.3 Å². The third-order valence-corrected chi connectivity index (χ3v) is 4.20. The molecule has 5 nitrogen and oxygen atoms in total. The van der Waals surface area contributed by atoms with Gasteiger partial charge in [0.25, 0.3) is 5.91 Å². The molecule has 3 rings (SSSR count). The predicted molar refractivity (Wildman–Crippen MR) is 91.2 cm³/mol. The van der Waals surface area contributed by atoms with Crippen molar-refractivity contribution < 1.29 is 14.3 Å². The summed E-state index contributed by atoms with van der Waals surface area (Å²) in [5.74, 6) is 1.46. The molecule has 0 aliphatic heterocycles. The Morgan fingerprint density at radius 3 is 2.75 bits per heavy atom. The van der Waals surface area contributed by atoms with Gasteiger partial charge in [0.2, 0.25) is 0 Å². The lowest BCUT2D eigenvalue weighted by atomic mass is 9.95. The fourth-order valence-corrected chi connectivity index (χ4v) is 2.87. The Morgan fingerprint density at radius 1 is 1.17 bits per heavy atom. The topological polar surface area (TPSA) is 60.5 Å². The minimum atomic E-state index is -0.132. The van der Waals surface area contributed by atoms with Gasteiger partial charge in [-0.1, -0.05) is 12.1 Å². The van der Waals surface area contributed by atoms with E-state index in [-0.39, 0.29) is 12.5 Å². The maximum Gasteiger partial charge on any atom is 0.258 e. The zero-order valence-corrected chi connectivity index (χ0v) is 13.9. The first-order valence-electron chi connectivity index (χ1n) is 8.25. The van der Waals surface area contributed by atoms with Crippen molar-refractivity contribution in [2.24, 2.45) is 0 Å². The predicted octanol–water partition coefficient (Wildman–Crippen LogP) is 2.66. The number of methoxy groups -OCH3 is 1. The normalized spacial score (nSPS) is 13.0. The first kappa shape index (κ1) is 16.3. The molecule has 5 heteroatoms. The fourth-order valence-electron chi connectivity index (χ4n) is 2.87. The number of nitrogens with zero attached hydrogens (tertiary/aromatic N) is 1. The molecule has 0 radical (unpaired) electrons. The monoisotopic (exact) mass is 326 g/mol.